The van der Waals surface area contributed by atoms with E-state index in [-0.39, 0.29) is 0 Å². The molecule has 1 spiro atoms. The summed E-state index contributed by atoms with van der Waals surface area (Å²) < 4.78 is 0. The molecule has 0 nitrogen and oxygen atoms in total. The van der Waals surface area contributed by atoms with Crippen LogP contribution in [0.5, 0.6) is 0 Å². The molecule has 0 aromatic heterocycles. The zero-order chi connectivity index (χ0) is 16.3. The Labute approximate surface area is 146 Å². The lowest BCUT2D eigenvalue weighted by Crippen LogP contribution is -2.32. The maximum atomic E-state index is 2.54. The molecule has 0 saturated heterocycles. The molecule has 0 radical (unpaired) electrons. The number of fused-ring (bicyclic) bond motifs is 5. The molecule has 3 atom stereocenters. The van der Waals surface area contributed by atoms with Crippen molar-refractivity contribution in [1.29, 1.82) is 0 Å². The van der Waals surface area contributed by atoms with Gasteiger partial charge in [-0.25, -0.2) is 0 Å². The fraction of sp³-hybridized carbons (Fsp3) is 0.500. The van der Waals surface area contributed by atoms with Crippen LogP contribution in [0.2, 0.25) is 0 Å². The molecular weight excluding hydrogens is 288 g/mol. The van der Waals surface area contributed by atoms with Crippen molar-refractivity contribution in [2.45, 2.75) is 52.4 Å². The Morgan fingerprint density at radius 3 is 2.67 bits per heavy atom. The number of hydrogen-bond donors (Lipinski definition) is 0. The summed E-state index contributed by atoms with van der Waals surface area (Å²) in [5.41, 5.74) is 5.36. The van der Waals surface area contributed by atoms with E-state index in [1.165, 1.54) is 54.9 Å². The second-order valence-corrected chi connectivity index (χ2v) is 9.13. The molecule has 2 bridgehead atoms. The number of hydrogen-bond acceptors (Lipinski definition) is 0. The molecule has 0 heteroatoms. The molecule has 3 aliphatic carbocycles. The van der Waals surface area contributed by atoms with E-state index in [0.717, 1.165) is 17.8 Å². The summed E-state index contributed by atoms with van der Waals surface area (Å²) in [4.78, 5) is 0. The Kier molecular flexibility index (Phi) is 3.21. The van der Waals surface area contributed by atoms with Crippen molar-refractivity contribution in [2.24, 2.45) is 23.2 Å². The van der Waals surface area contributed by atoms with E-state index in [1.54, 1.807) is 11.1 Å². The zero-order valence-corrected chi connectivity index (χ0v) is 15.0. The molecule has 124 valence electrons. The Morgan fingerprint density at radius 2 is 1.92 bits per heavy atom. The van der Waals surface area contributed by atoms with Crippen molar-refractivity contribution >= 4 is 10.8 Å². The van der Waals surface area contributed by atoms with Gasteiger partial charge in [-0.1, -0.05) is 56.3 Å². The third-order valence-electron chi connectivity index (χ3n) is 6.93. The molecule has 3 aliphatic rings. The van der Waals surface area contributed by atoms with E-state index in [4.69, 9.17) is 0 Å². The number of rotatable bonds is 2. The molecule has 0 N–H and O–H groups in total. The second kappa shape index (κ2) is 5.22. The van der Waals surface area contributed by atoms with E-state index >= 15 is 0 Å². The van der Waals surface area contributed by atoms with Crippen LogP contribution < -0.4 is 0 Å². The summed E-state index contributed by atoms with van der Waals surface area (Å²) in [6.45, 7) is 4.62. The van der Waals surface area contributed by atoms with E-state index in [9.17, 15) is 0 Å². The molecule has 2 aromatic carbocycles. The van der Waals surface area contributed by atoms with Gasteiger partial charge in [-0.05, 0) is 89.2 Å². The van der Waals surface area contributed by atoms with Gasteiger partial charge in [0.05, 0.1) is 0 Å². The van der Waals surface area contributed by atoms with Gasteiger partial charge in [0.1, 0.15) is 0 Å². The number of aryl methyl sites for hydroxylation is 1. The van der Waals surface area contributed by atoms with Gasteiger partial charge in [-0.2, -0.15) is 0 Å². The minimum absolute atomic E-state index is 0.593. The van der Waals surface area contributed by atoms with Crippen molar-refractivity contribution < 1.29 is 0 Å². The van der Waals surface area contributed by atoms with Crippen molar-refractivity contribution in [2.75, 3.05) is 0 Å². The molecule has 1 saturated carbocycles. The highest BCUT2D eigenvalue weighted by Crippen LogP contribution is 2.57. The van der Waals surface area contributed by atoms with Crippen LogP contribution in [0.25, 0.3) is 10.8 Å². The number of allylic oxidation sites excluding steroid dienone is 2. The molecule has 0 aliphatic heterocycles. The molecular formula is C24H28. The van der Waals surface area contributed by atoms with Crippen LogP contribution >= 0.6 is 0 Å². The lowest BCUT2D eigenvalue weighted by atomic mass is 9.64. The Hall–Kier alpha value is -1.56. The first-order valence-corrected chi connectivity index (χ1v) is 9.84. The van der Waals surface area contributed by atoms with Gasteiger partial charge in [0.2, 0.25) is 0 Å². The minimum atomic E-state index is 0.593. The van der Waals surface area contributed by atoms with Crippen LogP contribution in [0.1, 0.15) is 49.8 Å². The van der Waals surface area contributed by atoms with Gasteiger partial charge in [0.25, 0.3) is 0 Å². The first-order chi connectivity index (χ1) is 11.6. The average molecular weight is 316 g/mol. The van der Waals surface area contributed by atoms with Crippen LogP contribution in [0.4, 0.5) is 0 Å². The third kappa shape index (κ3) is 2.26. The quantitative estimate of drug-likeness (QED) is 0.586. The van der Waals surface area contributed by atoms with Crippen LogP contribution in [-0.4, -0.2) is 0 Å². The van der Waals surface area contributed by atoms with Gasteiger partial charge in [-0.15, -0.1) is 0 Å². The fourth-order valence-corrected chi connectivity index (χ4v) is 5.83. The Morgan fingerprint density at radius 1 is 1.04 bits per heavy atom. The predicted molar refractivity (Wildman–Crippen MR) is 102 cm³/mol. The molecule has 0 heterocycles. The monoisotopic (exact) mass is 316 g/mol. The zero-order valence-electron chi connectivity index (χ0n) is 15.0. The maximum absolute atomic E-state index is 2.54. The van der Waals surface area contributed by atoms with Crippen molar-refractivity contribution in [1.82, 2.24) is 0 Å². The molecule has 1 fully saturated rings. The second-order valence-electron chi connectivity index (χ2n) is 9.13. The fourth-order valence-electron chi connectivity index (χ4n) is 5.83. The topological polar surface area (TPSA) is 0 Å². The summed E-state index contributed by atoms with van der Waals surface area (Å²) in [5, 5.41) is 2.90. The standard InChI is InChI=1S/C24H28/c1-16(2)9-17-3-5-19-12-20-7-8-24(14-18-4-6-23(24)11-18)15-22(20)13-21(19)10-17/h3-6,10,12-13,16,18,23H,7-9,11,14-15H2,1-2H3. The van der Waals surface area contributed by atoms with E-state index in [2.05, 4.69) is 56.3 Å². The summed E-state index contributed by atoms with van der Waals surface area (Å²) in [6.07, 6.45) is 13.1. The normalized spacial score (nSPS) is 30.6. The van der Waals surface area contributed by atoms with Gasteiger partial charge in [0.15, 0.2) is 0 Å². The largest absolute Gasteiger partial charge is 0.0851 e. The molecule has 2 aromatic rings. The third-order valence-corrected chi connectivity index (χ3v) is 6.93. The van der Waals surface area contributed by atoms with E-state index < -0.39 is 0 Å². The van der Waals surface area contributed by atoms with Crippen LogP contribution in [0, 0.1) is 23.2 Å². The highest BCUT2D eigenvalue weighted by atomic mass is 14.5. The molecule has 0 amide bonds. The highest BCUT2D eigenvalue weighted by Gasteiger charge is 2.49. The van der Waals surface area contributed by atoms with Gasteiger partial charge in [0, 0.05) is 0 Å². The van der Waals surface area contributed by atoms with E-state index in [0.29, 0.717) is 5.41 Å². The first kappa shape index (κ1) is 14.8. The predicted octanol–water partition coefficient (Wildman–Crippen LogP) is 6.11. The molecule has 24 heavy (non-hydrogen) atoms. The maximum Gasteiger partial charge on any atom is -0.0168 e. The summed E-state index contributed by atoms with van der Waals surface area (Å²) in [7, 11) is 0. The van der Waals surface area contributed by atoms with Gasteiger partial charge in [-0.3, -0.25) is 0 Å². The van der Waals surface area contributed by atoms with Crippen molar-refractivity contribution in [3.8, 4) is 0 Å². The van der Waals surface area contributed by atoms with Crippen LogP contribution in [0.3, 0.4) is 0 Å². The lowest BCUT2D eigenvalue weighted by molar-refractivity contribution is 0.195. The van der Waals surface area contributed by atoms with Crippen LogP contribution in [-0.2, 0) is 19.3 Å². The van der Waals surface area contributed by atoms with E-state index in [1.807, 2.05) is 0 Å². The summed E-state index contributed by atoms with van der Waals surface area (Å²) in [5.74, 6) is 2.47. The highest BCUT2D eigenvalue weighted by molar-refractivity contribution is 5.85. The van der Waals surface area contributed by atoms with Gasteiger partial charge >= 0.3 is 0 Å². The molecule has 5 rings (SSSR count). The lowest BCUT2D eigenvalue weighted by Gasteiger charge is -2.40. The summed E-state index contributed by atoms with van der Waals surface area (Å²) >= 11 is 0. The number of benzene rings is 2. The average Bonchev–Trinajstić information content (AvgIpc) is 3.13. The first-order valence-electron chi connectivity index (χ1n) is 9.84. The van der Waals surface area contributed by atoms with Gasteiger partial charge < -0.3 is 0 Å². The van der Waals surface area contributed by atoms with Crippen molar-refractivity contribution in [3.63, 3.8) is 0 Å². The smallest absolute Gasteiger partial charge is 0.0168 e. The molecule has 3 unspecified atom stereocenters. The minimum Gasteiger partial charge on any atom is -0.0851 e. The van der Waals surface area contributed by atoms with Crippen LogP contribution in [0.15, 0.2) is 42.5 Å². The Bertz CT molecular complexity index is 825. The Balaban J connectivity index is 1.53. The summed E-state index contributed by atoms with van der Waals surface area (Å²) in [6, 6.07) is 12.1. The van der Waals surface area contributed by atoms with Crippen molar-refractivity contribution in [3.05, 3.63) is 59.2 Å². The SMILES string of the molecule is CC(C)Cc1ccc2cc3c(cc2c1)CC1(CC3)CC2C=CC1C2.